The van der Waals surface area contributed by atoms with E-state index in [1.807, 2.05) is 11.5 Å². The highest BCUT2D eigenvalue weighted by Crippen LogP contribution is 2.27. The van der Waals surface area contributed by atoms with Crippen LogP contribution in [0, 0.1) is 5.92 Å². The van der Waals surface area contributed by atoms with Gasteiger partial charge in [0.25, 0.3) is 0 Å². The fraction of sp³-hybridized carbons (Fsp3) is 0.556. The number of thioether (sulfide) groups is 1. The van der Waals surface area contributed by atoms with Crippen LogP contribution in [0.15, 0.2) is 28.3 Å². The summed E-state index contributed by atoms with van der Waals surface area (Å²) >= 11 is 1.37. The number of sulfonamides is 1. The molecule has 2 aromatic rings. The second-order valence-electron chi connectivity index (χ2n) is 7.06. The van der Waals surface area contributed by atoms with Gasteiger partial charge in [-0.3, -0.25) is 4.79 Å². The molecule has 2 atom stereocenters. The Labute approximate surface area is 164 Å². The van der Waals surface area contributed by atoms with Crippen molar-refractivity contribution >= 4 is 38.7 Å². The highest BCUT2D eigenvalue weighted by molar-refractivity contribution is 7.99. The van der Waals surface area contributed by atoms with Crippen molar-refractivity contribution in [2.24, 2.45) is 11.1 Å². The minimum absolute atomic E-state index is 0.0127. The van der Waals surface area contributed by atoms with Crippen LogP contribution in [0.4, 0.5) is 0 Å². The smallest absolute Gasteiger partial charge is 0.238 e. The van der Waals surface area contributed by atoms with E-state index in [1.165, 1.54) is 36.7 Å². The van der Waals surface area contributed by atoms with Crippen LogP contribution in [0.1, 0.15) is 39.5 Å². The molecular weight excluding hydrogens is 384 g/mol. The van der Waals surface area contributed by atoms with E-state index in [0.29, 0.717) is 23.1 Å². The van der Waals surface area contributed by atoms with Crippen molar-refractivity contribution in [2.45, 2.75) is 62.2 Å². The maximum atomic E-state index is 12.4. The molecule has 0 bridgehead atoms. The molecule has 1 heterocycles. The Morgan fingerprint density at radius 2 is 2.11 bits per heavy atom. The van der Waals surface area contributed by atoms with Crippen LogP contribution in [-0.4, -0.2) is 35.7 Å². The van der Waals surface area contributed by atoms with Crippen LogP contribution in [0.5, 0.6) is 0 Å². The second kappa shape index (κ2) is 8.20. The first-order chi connectivity index (χ1) is 12.8. The van der Waals surface area contributed by atoms with Crippen LogP contribution >= 0.6 is 11.8 Å². The summed E-state index contributed by atoms with van der Waals surface area (Å²) in [7, 11) is -3.77. The van der Waals surface area contributed by atoms with Gasteiger partial charge in [0.15, 0.2) is 5.16 Å². The average Bonchev–Trinajstić information content (AvgIpc) is 2.98. The third-order valence-electron chi connectivity index (χ3n) is 5.12. The van der Waals surface area contributed by atoms with Gasteiger partial charge in [-0.05, 0) is 43.9 Å². The first-order valence-electron chi connectivity index (χ1n) is 9.25. The van der Waals surface area contributed by atoms with E-state index in [4.69, 9.17) is 5.14 Å². The molecule has 1 saturated carbocycles. The van der Waals surface area contributed by atoms with E-state index in [9.17, 15) is 13.2 Å². The minimum Gasteiger partial charge on any atom is -0.352 e. The summed E-state index contributed by atoms with van der Waals surface area (Å²) in [5.74, 6) is 0.817. The molecule has 1 aliphatic rings. The number of imidazole rings is 1. The molecule has 0 spiro atoms. The van der Waals surface area contributed by atoms with Gasteiger partial charge in [0.2, 0.25) is 15.9 Å². The van der Waals surface area contributed by atoms with Crippen molar-refractivity contribution in [3.05, 3.63) is 18.2 Å². The molecule has 0 saturated heterocycles. The third kappa shape index (κ3) is 4.64. The summed E-state index contributed by atoms with van der Waals surface area (Å²) in [6, 6.07) is 4.93. The number of hydrogen-bond donors (Lipinski definition) is 2. The lowest BCUT2D eigenvalue weighted by atomic mass is 9.86. The number of aromatic nitrogens is 2. The molecule has 1 amide bonds. The largest absolute Gasteiger partial charge is 0.352 e. The number of nitrogens with zero attached hydrogens (tertiary/aromatic N) is 2. The first kappa shape index (κ1) is 20.2. The molecule has 0 radical (unpaired) electrons. The van der Waals surface area contributed by atoms with E-state index < -0.39 is 10.0 Å². The summed E-state index contributed by atoms with van der Waals surface area (Å²) in [5.41, 5.74) is 1.39. The molecule has 1 aliphatic carbocycles. The topological polar surface area (TPSA) is 107 Å². The molecule has 2 unspecified atom stereocenters. The Kier molecular flexibility index (Phi) is 6.12. The number of primary sulfonamides is 1. The number of amides is 1. The molecule has 3 N–H and O–H groups in total. The van der Waals surface area contributed by atoms with Crippen LogP contribution in [0.25, 0.3) is 11.0 Å². The zero-order valence-electron chi connectivity index (χ0n) is 15.6. The third-order valence-corrected chi connectivity index (χ3v) is 7.01. The fourth-order valence-electron chi connectivity index (χ4n) is 3.59. The van der Waals surface area contributed by atoms with Gasteiger partial charge in [-0.2, -0.15) is 0 Å². The summed E-state index contributed by atoms with van der Waals surface area (Å²) in [6.45, 7) is 4.86. The van der Waals surface area contributed by atoms with Crippen molar-refractivity contribution in [1.82, 2.24) is 14.9 Å². The summed E-state index contributed by atoms with van der Waals surface area (Å²) < 4.78 is 25.1. The lowest BCUT2D eigenvalue weighted by molar-refractivity contribution is -0.119. The zero-order chi connectivity index (χ0) is 19.6. The number of nitrogens with one attached hydrogen (secondary N) is 1. The Morgan fingerprint density at radius 1 is 1.37 bits per heavy atom. The van der Waals surface area contributed by atoms with Crippen molar-refractivity contribution in [2.75, 3.05) is 5.75 Å². The van der Waals surface area contributed by atoms with Crippen LogP contribution in [-0.2, 0) is 21.4 Å². The molecule has 3 rings (SSSR count). The van der Waals surface area contributed by atoms with E-state index in [1.54, 1.807) is 6.07 Å². The average molecular weight is 411 g/mol. The minimum atomic E-state index is -3.77. The molecule has 148 valence electrons. The number of fused-ring (bicyclic) bond motifs is 1. The predicted octanol–water partition coefficient (Wildman–Crippen LogP) is 2.49. The fourth-order valence-corrected chi connectivity index (χ4v) is 5.01. The number of aryl methyl sites for hydroxylation is 1. The number of hydrogen-bond acceptors (Lipinski definition) is 5. The van der Waals surface area contributed by atoms with E-state index in [0.717, 1.165) is 18.4 Å². The summed E-state index contributed by atoms with van der Waals surface area (Å²) in [5, 5.41) is 9.05. The molecule has 1 aromatic heterocycles. The number of rotatable bonds is 6. The van der Waals surface area contributed by atoms with Crippen LogP contribution in [0.3, 0.4) is 0 Å². The standard InChI is InChI=1S/C18H26N4O3S2/c1-3-22-16-9-8-13(27(19,24)25)10-15(16)21-18(22)26-11-17(23)20-14-7-5-4-6-12(14)2/h8-10,12,14H,3-7,11H2,1-2H3,(H,20,23)(H2,19,24,25). The van der Waals surface area contributed by atoms with Crippen molar-refractivity contribution < 1.29 is 13.2 Å². The molecule has 1 aromatic carbocycles. The normalized spacial score (nSPS) is 20.7. The Bertz CT molecular complexity index is 939. The molecular formula is C18H26N4O3S2. The molecule has 1 fully saturated rings. The highest BCUT2D eigenvalue weighted by Gasteiger charge is 2.23. The number of benzene rings is 1. The van der Waals surface area contributed by atoms with Gasteiger partial charge in [0.1, 0.15) is 0 Å². The first-order valence-corrected chi connectivity index (χ1v) is 11.8. The zero-order valence-corrected chi connectivity index (χ0v) is 17.3. The SMILES string of the molecule is CCn1c(SCC(=O)NC2CCCCC2C)nc2cc(S(N)(=O)=O)ccc21. The maximum absolute atomic E-state index is 12.4. The highest BCUT2D eigenvalue weighted by atomic mass is 32.2. The molecule has 9 heteroatoms. The van der Waals surface area contributed by atoms with Crippen LogP contribution in [0.2, 0.25) is 0 Å². The van der Waals surface area contributed by atoms with Crippen LogP contribution < -0.4 is 10.5 Å². The number of carbonyl (C=O) groups is 1. The molecule has 0 aliphatic heterocycles. The maximum Gasteiger partial charge on any atom is 0.238 e. The van der Waals surface area contributed by atoms with Gasteiger partial charge >= 0.3 is 0 Å². The lowest BCUT2D eigenvalue weighted by Gasteiger charge is -2.29. The van der Waals surface area contributed by atoms with Gasteiger partial charge in [-0.25, -0.2) is 18.5 Å². The van der Waals surface area contributed by atoms with Gasteiger partial charge in [0.05, 0.1) is 21.7 Å². The summed E-state index contributed by atoms with van der Waals surface area (Å²) in [4.78, 5) is 16.9. The molecule has 27 heavy (non-hydrogen) atoms. The Balaban J connectivity index is 1.73. The van der Waals surface area contributed by atoms with E-state index in [-0.39, 0.29) is 22.6 Å². The van der Waals surface area contributed by atoms with Crippen molar-refractivity contribution in [1.29, 1.82) is 0 Å². The number of carbonyl (C=O) groups excluding carboxylic acids is 1. The predicted molar refractivity (Wildman–Crippen MR) is 107 cm³/mol. The number of nitrogens with two attached hydrogens (primary N) is 1. The quantitative estimate of drug-likeness (QED) is 0.712. The van der Waals surface area contributed by atoms with E-state index in [2.05, 4.69) is 17.2 Å². The summed E-state index contributed by atoms with van der Waals surface area (Å²) in [6.07, 6.45) is 4.61. The Hall–Kier alpha value is -1.58. The second-order valence-corrected chi connectivity index (χ2v) is 9.56. The van der Waals surface area contributed by atoms with Gasteiger partial charge in [-0.15, -0.1) is 0 Å². The Morgan fingerprint density at radius 3 is 2.78 bits per heavy atom. The van der Waals surface area contributed by atoms with Crippen molar-refractivity contribution in [3.8, 4) is 0 Å². The van der Waals surface area contributed by atoms with Gasteiger partial charge in [-0.1, -0.05) is 31.5 Å². The lowest BCUT2D eigenvalue weighted by Crippen LogP contribution is -2.41. The monoisotopic (exact) mass is 410 g/mol. The van der Waals surface area contributed by atoms with Gasteiger partial charge < -0.3 is 9.88 Å². The molecule has 7 nitrogen and oxygen atoms in total. The van der Waals surface area contributed by atoms with Crippen molar-refractivity contribution in [3.63, 3.8) is 0 Å². The van der Waals surface area contributed by atoms with E-state index >= 15 is 0 Å². The van der Waals surface area contributed by atoms with Gasteiger partial charge in [0, 0.05) is 12.6 Å².